The first kappa shape index (κ1) is 15.0. The van der Waals surface area contributed by atoms with Crippen LogP contribution in [0.5, 0.6) is 0 Å². The van der Waals surface area contributed by atoms with Gasteiger partial charge in [0, 0.05) is 17.4 Å². The summed E-state index contributed by atoms with van der Waals surface area (Å²) in [5.41, 5.74) is 0.266. The van der Waals surface area contributed by atoms with Crippen LogP contribution in [-0.2, 0) is 4.79 Å². The topological polar surface area (TPSA) is 82.1 Å². The number of rotatable bonds is 5. The van der Waals surface area contributed by atoms with Crippen LogP contribution in [0.4, 0.5) is 10.1 Å². The van der Waals surface area contributed by atoms with Gasteiger partial charge in [-0.05, 0) is 30.3 Å². The zero-order valence-corrected chi connectivity index (χ0v) is 11.5. The predicted octanol–water partition coefficient (Wildman–Crippen LogP) is 1.31. The molecule has 0 atom stereocenters. The highest BCUT2D eigenvalue weighted by atomic mass is 32.2. The molecule has 0 radical (unpaired) electrons. The van der Waals surface area contributed by atoms with Crippen LogP contribution in [0, 0.1) is 5.82 Å². The average Bonchev–Trinajstić information content (AvgIpc) is 2.45. The van der Waals surface area contributed by atoms with Crippen molar-refractivity contribution in [1.82, 2.24) is 4.98 Å². The van der Waals surface area contributed by atoms with E-state index in [-0.39, 0.29) is 22.2 Å². The van der Waals surface area contributed by atoms with Crippen molar-refractivity contribution in [3.8, 4) is 0 Å². The molecule has 0 aliphatic carbocycles. The fourth-order valence-electron chi connectivity index (χ4n) is 1.56. The van der Waals surface area contributed by atoms with E-state index in [0.717, 1.165) is 11.8 Å². The van der Waals surface area contributed by atoms with Crippen molar-refractivity contribution in [2.24, 2.45) is 0 Å². The number of nitrogens with zero attached hydrogens (tertiary/aromatic N) is 1. The van der Waals surface area contributed by atoms with Gasteiger partial charge in [0.15, 0.2) is 0 Å². The van der Waals surface area contributed by atoms with Gasteiger partial charge < -0.3 is 15.2 Å². The summed E-state index contributed by atoms with van der Waals surface area (Å²) in [6.45, 7) is 0. The fourth-order valence-corrected chi connectivity index (χ4v) is 2.34. The number of aromatic nitrogens is 1. The number of thioether (sulfide) groups is 1. The van der Waals surface area contributed by atoms with Crippen molar-refractivity contribution in [3.05, 3.63) is 54.0 Å². The zero-order chi connectivity index (χ0) is 15.2. The third-order valence-electron chi connectivity index (χ3n) is 2.44. The van der Waals surface area contributed by atoms with Gasteiger partial charge in [0.2, 0.25) is 5.91 Å². The van der Waals surface area contributed by atoms with Gasteiger partial charge in [-0.2, -0.15) is 0 Å². The third kappa shape index (κ3) is 4.28. The summed E-state index contributed by atoms with van der Waals surface area (Å²) in [6, 6.07) is 8.32. The Hall–Kier alpha value is -2.41. The van der Waals surface area contributed by atoms with Crippen molar-refractivity contribution in [2.45, 2.75) is 5.03 Å². The number of carbonyl (C=O) groups excluding carboxylic acids is 2. The minimum Gasteiger partial charge on any atom is -0.545 e. The molecule has 2 aromatic rings. The van der Waals surface area contributed by atoms with E-state index in [2.05, 4.69) is 10.3 Å². The maximum Gasteiger partial charge on any atom is 0.234 e. The maximum absolute atomic E-state index is 13.0. The van der Waals surface area contributed by atoms with Gasteiger partial charge in [-0.25, -0.2) is 9.37 Å². The molecular weight excluding hydrogens is 295 g/mol. The Kier molecular flexibility index (Phi) is 4.89. The first-order valence-corrected chi connectivity index (χ1v) is 6.89. The fraction of sp³-hybridized carbons (Fsp3) is 0.0714. The number of aromatic carboxylic acids is 1. The number of pyridine rings is 1. The minimum atomic E-state index is -1.35. The van der Waals surface area contributed by atoms with E-state index in [0.29, 0.717) is 5.69 Å². The Morgan fingerprint density at radius 2 is 2.10 bits per heavy atom. The minimum absolute atomic E-state index is 0.0478. The van der Waals surface area contributed by atoms with Gasteiger partial charge in [-0.3, -0.25) is 4.79 Å². The summed E-state index contributed by atoms with van der Waals surface area (Å²) >= 11 is 0.969. The van der Waals surface area contributed by atoms with E-state index >= 15 is 0 Å². The first-order chi connectivity index (χ1) is 10.1. The number of carboxylic acids is 1. The summed E-state index contributed by atoms with van der Waals surface area (Å²) in [6.07, 6.45) is 1.43. The number of hydrogen-bond donors (Lipinski definition) is 1. The van der Waals surface area contributed by atoms with Gasteiger partial charge in [0.1, 0.15) is 10.8 Å². The number of halogens is 1. The van der Waals surface area contributed by atoms with E-state index in [4.69, 9.17) is 0 Å². The number of benzene rings is 1. The van der Waals surface area contributed by atoms with Gasteiger partial charge in [-0.15, -0.1) is 0 Å². The molecule has 21 heavy (non-hydrogen) atoms. The SMILES string of the molecule is O=C(CSc1ncccc1C(=O)[O-])Nc1cccc(F)c1. The van der Waals surface area contributed by atoms with Crippen molar-refractivity contribution in [3.63, 3.8) is 0 Å². The third-order valence-corrected chi connectivity index (χ3v) is 3.44. The van der Waals surface area contributed by atoms with Crippen LogP contribution in [-0.4, -0.2) is 22.6 Å². The predicted molar refractivity (Wildman–Crippen MR) is 74.3 cm³/mol. The Morgan fingerprint density at radius 3 is 2.81 bits per heavy atom. The Morgan fingerprint density at radius 1 is 1.29 bits per heavy atom. The highest BCUT2D eigenvalue weighted by Crippen LogP contribution is 2.19. The monoisotopic (exact) mass is 305 g/mol. The Balaban J connectivity index is 1.97. The number of carbonyl (C=O) groups is 2. The highest BCUT2D eigenvalue weighted by molar-refractivity contribution is 8.00. The lowest BCUT2D eigenvalue weighted by molar-refractivity contribution is -0.255. The summed E-state index contributed by atoms with van der Waals surface area (Å²) in [5.74, 6) is -2.24. The molecule has 1 heterocycles. The molecule has 1 N–H and O–H groups in total. The van der Waals surface area contributed by atoms with Crippen molar-refractivity contribution in [1.29, 1.82) is 0 Å². The molecule has 0 saturated heterocycles. The normalized spacial score (nSPS) is 10.1. The van der Waals surface area contributed by atoms with Crippen LogP contribution in [0.3, 0.4) is 0 Å². The number of hydrogen-bond acceptors (Lipinski definition) is 5. The van der Waals surface area contributed by atoms with Gasteiger partial charge in [0.25, 0.3) is 0 Å². The summed E-state index contributed by atoms with van der Waals surface area (Å²) in [4.78, 5) is 26.5. The molecule has 1 aromatic carbocycles. The van der Waals surface area contributed by atoms with Crippen molar-refractivity contribution >= 4 is 29.3 Å². The van der Waals surface area contributed by atoms with Crippen LogP contribution in [0.1, 0.15) is 10.4 Å². The first-order valence-electron chi connectivity index (χ1n) is 5.91. The number of amides is 1. The van der Waals surface area contributed by atoms with Crippen LogP contribution < -0.4 is 10.4 Å². The van der Waals surface area contributed by atoms with Crippen LogP contribution in [0.25, 0.3) is 0 Å². The lowest BCUT2D eigenvalue weighted by Crippen LogP contribution is -2.23. The lowest BCUT2D eigenvalue weighted by Gasteiger charge is -2.09. The van der Waals surface area contributed by atoms with Gasteiger partial charge in [0.05, 0.1) is 11.7 Å². The second-order valence-corrected chi connectivity index (χ2v) is 4.95. The number of nitrogens with one attached hydrogen (secondary N) is 1. The van der Waals surface area contributed by atoms with Gasteiger partial charge in [-0.1, -0.05) is 17.8 Å². The zero-order valence-electron chi connectivity index (χ0n) is 10.7. The largest absolute Gasteiger partial charge is 0.545 e. The molecule has 1 aromatic heterocycles. The van der Waals surface area contributed by atoms with Crippen molar-refractivity contribution < 1.29 is 19.1 Å². The lowest BCUT2D eigenvalue weighted by atomic mass is 10.3. The molecule has 0 bridgehead atoms. The smallest absolute Gasteiger partial charge is 0.234 e. The second-order valence-electron chi connectivity index (χ2n) is 3.99. The van der Waals surface area contributed by atoms with E-state index in [1.165, 1.54) is 36.5 Å². The summed E-state index contributed by atoms with van der Waals surface area (Å²) in [5, 5.41) is 13.6. The second kappa shape index (κ2) is 6.85. The molecule has 7 heteroatoms. The van der Waals surface area contributed by atoms with Crippen LogP contribution >= 0.6 is 11.8 Å². The van der Waals surface area contributed by atoms with E-state index in [1.807, 2.05) is 0 Å². The van der Waals surface area contributed by atoms with Crippen LogP contribution in [0.15, 0.2) is 47.6 Å². The quantitative estimate of drug-likeness (QED) is 0.842. The molecule has 1 amide bonds. The van der Waals surface area contributed by atoms with Crippen LogP contribution in [0.2, 0.25) is 0 Å². The highest BCUT2D eigenvalue weighted by Gasteiger charge is 2.09. The molecule has 0 aliphatic rings. The molecule has 108 valence electrons. The molecule has 5 nitrogen and oxygen atoms in total. The van der Waals surface area contributed by atoms with E-state index < -0.39 is 11.8 Å². The van der Waals surface area contributed by atoms with E-state index in [1.54, 1.807) is 6.07 Å². The molecule has 2 rings (SSSR count). The van der Waals surface area contributed by atoms with Gasteiger partial charge >= 0.3 is 0 Å². The number of carboxylic acid groups (broad SMARTS) is 1. The summed E-state index contributed by atoms with van der Waals surface area (Å²) in [7, 11) is 0. The molecule has 0 fully saturated rings. The Bertz CT molecular complexity index is 679. The molecular formula is C14H10FN2O3S-. The molecule has 0 spiro atoms. The molecule has 0 unspecified atom stereocenters. The van der Waals surface area contributed by atoms with Crippen molar-refractivity contribution in [2.75, 3.05) is 11.1 Å². The van der Waals surface area contributed by atoms with E-state index in [9.17, 15) is 19.1 Å². The molecule has 0 saturated carbocycles. The average molecular weight is 305 g/mol. The maximum atomic E-state index is 13.0. The standard InChI is InChI=1S/C14H11FN2O3S/c15-9-3-1-4-10(7-9)17-12(18)8-21-13-11(14(19)20)5-2-6-16-13/h1-7H,8H2,(H,17,18)(H,19,20)/p-1. The Labute approximate surface area is 124 Å². The summed E-state index contributed by atoms with van der Waals surface area (Å²) < 4.78 is 13.0. The number of anilines is 1. The molecule has 0 aliphatic heterocycles.